The average molecular weight is 283 g/mol. The number of nitrogens with zero attached hydrogens (tertiary/aromatic N) is 3. The highest BCUT2D eigenvalue weighted by Crippen LogP contribution is 2.17. The Morgan fingerprint density at radius 1 is 1.19 bits per heavy atom. The third-order valence-electron chi connectivity index (χ3n) is 3.71. The SMILES string of the molecule is CN(C)c1ccc(C=C(C#N)C(=O)N2CCCCC2)cc1. The molecule has 1 saturated heterocycles. The number of piperidine rings is 1. The predicted octanol–water partition coefficient (Wildman–Crippen LogP) is 2.67. The van der Waals surface area contributed by atoms with E-state index in [0.29, 0.717) is 0 Å². The summed E-state index contributed by atoms with van der Waals surface area (Å²) >= 11 is 0. The molecular weight excluding hydrogens is 262 g/mol. The van der Waals surface area contributed by atoms with E-state index >= 15 is 0 Å². The first kappa shape index (κ1) is 15.1. The highest BCUT2D eigenvalue weighted by molar-refractivity contribution is 6.01. The molecule has 0 aliphatic carbocycles. The first-order valence-corrected chi connectivity index (χ1v) is 7.30. The van der Waals surface area contributed by atoms with Gasteiger partial charge in [-0.2, -0.15) is 5.26 Å². The number of carbonyl (C=O) groups excluding carboxylic acids is 1. The first-order chi connectivity index (χ1) is 10.1. The van der Waals surface area contributed by atoms with Crippen LogP contribution in [-0.2, 0) is 4.79 Å². The molecule has 4 nitrogen and oxygen atoms in total. The van der Waals surface area contributed by atoms with Crippen LogP contribution in [0.1, 0.15) is 24.8 Å². The van der Waals surface area contributed by atoms with Crippen molar-refractivity contribution in [2.45, 2.75) is 19.3 Å². The van der Waals surface area contributed by atoms with E-state index in [0.717, 1.165) is 37.2 Å². The van der Waals surface area contributed by atoms with Crippen molar-refractivity contribution < 1.29 is 4.79 Å². The van der Waals surface area contributed by atoms with Crippen LogP contribution in [-0.4, -0.2) is 38.0 Å². The van der Waals surface area contributed by atoms with Gasteiger partial charge in [-0.15, -0.1) is 0 Å². The van der Waals surface area contributed by atoms with Crippen molar-refractivity contribution >= 4 is 17.7 Å². The molecule has 0 aromatic heterocycles. The smallest absolute Gasteiger partial charge is 0.264 e. The van der Waals surface area contributed by atoms with E-state index in [1.807, 2.05) is 49.3 Å². The van der Waals surface area contributed by atoms with Gasteiger partial charge in [0, 0.05) is 32.9 Å². The lowest BCUT2D eigenvalue weighted by Crippen LogP contribution is -2.36. The normalized spacial score (nSPS) is 15.5. The summed E-state index contributed by atoms with van der Waals surface area (Å²) in [7, 11) is 3.96. The second kappa shape index (κ2) is 6.94. The zero-order valence-electron chi connectivity index (χ0n) is 12.7. The van der Waals surface area contributed by atoms with Crippen LogP contribution in [0.25, 0.3) is 6.08 Å². The van der Waals surface area contributed by atoms with Crippen LogP contribution < -0.4 is 4.90 Å². The van der Waals surface area contributed by atoms with Crippen molar-refractivity contribution in [2.24, 2.45) is 0 Å². The summed E-state index contributed by atoms with van der Waals surface area (Å²) < 4.78 is 0. The van der Waals surface area contributed by atoms with Crippen LogP contribution in [0.3, 0.4) is 0 Å². The molecule has 110 valence electrons. The molecule has 1 aromatic rings. The van der Waals surface area contributed by atoms with Gasteiger partial charge in [-0.3, -0.25) is 4.79 Å². The maximum Gasteiger partial charge on any atom is 0.264 e. The lowest BCUT2D eigenvalue weighted by Gasteiger charge is -2.26. The molecule has 1 heterocycles. The fourth-order valence-electron chi connectivity index (χ4n) is 2.44. The lowest BCUT2D eigenvalue weighted by atomic mass is 10.1. The van der Waals surface area contributed by atoms with E-state index < -0.39 is 0 Å². The summed E-state index contributed by atoms with van der Waals surface area (Å²) in [5.41, 5.74) is 2.19. The van der Waals surface area contributed by atoms with Crippen molar-refractivity contribution in [2.75, 3.05) is 32.1 Å². The van der Waals surface area contributed by atoms with Gasteiger partial charge in [0.05, 0.1) is 0 Å². The van der Waals surface area contributed by atoms with Gasteiger partial charge < -0.3 is 9.80 Å². The second-order valence-electron chi connectivity index (χ2n) is 5.51. The number of carbonyl (C=O) groups is 1. The molecule has 1 aliphatic rings. The van der Waals surface area contributed by atoms with Gasteiger partial charge in [0.25, 0.3) is 5.91 Å². The third kappa shape index (κ3) is 3.85. The summed E-state index contributed by atoms with van der Waals surface area (Å²) in [5, 5.41) is 9.26. The number of nitriles is 1. The van der Waals surface area contributed by atoms with E-state index in [4.69, 9.17) is 0 Å². The number of rotatable bonds is 3. The molecule has 1 aromatic carbocycles. The zero-order valence-corrected chi connectivity index (χ0v) is 12.7. The van der Waals surface area contributed by atoms with E-state index in [-0.39, 0.29) is 11.5 Å². The highest BCUT2D eigenvalue weighted by Gasteiger charge is 2.20. The Morgan fingerprint density at radius 3 is 2.33 bits per heavy atom. The predicted molar refractivity (Wildman–Crippen MR) is 84.8 cm³/mol. The van der Waals surface area contributed by atoms with Crippen LogP contribution in [0.4, 0.5) is 5.69 Å². The van der Waals surface area contributed by atoms with Gasteiger partial charge in [0.15, 0.2) is 0 Å². The minimum Gasteiger partial charge on any atom is -0.378 e. The molecule has 1 fully saturated rings. The Morgan fingerprint density at radius 2 is 1.81 bits per heavy atom. The molecule has 0 N–H and O–H groups in total. The van der Waals surface area contributed by atoms with Gasteiger partial charge in [-0.25, -0.2) is 0 Å². The Bertz CT molecular complexity index is 561. The lowest BCUT2D eigenvalue weighted by molar-refractivity contribution is -0.127. The standard InChI is InChI=1S/C17H21N3O/c1-19(2)16-8-6-14(7-9-16)12-15(13-18)17(21)20-10-4-3-5-11-20/h6-9,12H,3-5,10-11H2,1-2H3. The Kier molecular flexibility index (Phi) is 4.99. The van der Waals surface area contributed by atoms with Gasteiger partial charge in [-0.05, 0) is 43.0 Å². The maximum absolute atomic E-state index is 12.3. The molecule has 0 radical (unpaired) electrons. The van der Waals surface area contributed by atoms with E-state index in [2.05, 4.69) is 0 Å². The summed E-state index contributed by atoms with van der Waals surface area (Å²) in [6.45, 7) is 1.52. The van der Waals surface area contributed by atoms with Gasteiger partial charge in [-0.1, -0.05) is 12.1 Å². The van der Waals surface area contributed by atoms with Crippen LogP contribution in [0, 0.1) is 11.3 Å². The zero-order chi connectivity index (χ0) is 15.2. The number of anilines is 1. The topological polar surface area (TPSA) is 47.3 Å². The van der Waals surface area contributed by atoms with Crippen LogP contribution in [0.15, 0.2) is 29.8 Å². The molecule has 0 atom stereocenters. The Balaban J connectivity index is 2.16. The minimum absolute atomic E-state index is 0.145. The van der Waals surface area contributed by atoms with E-state index in [1.54, 1.807) is 11.0 Å². The molecule has 4 heteroatoms. The van der Waals surface area contributed by atoms with Gasteiger partial charge >= 0.3 is 0 Å². The summed E-state index contributed by atoms with van der Waals surface area (Å²) in [5.74, 6) is -0.145. The molecule has 0 unspecified atom stereocenters. The Labute approximate surface area is 126 Å². The second-order valence-corrected chi connectivity index (χ2v) is 5.51. The Hall–Kier alpha value is -2.28. The average Bonchev–Trinajstić information content (AvgIpc) is 2.53. The molecule has 1 aliphatic heterocycles. The third-order valence-corrected chi connectivity index (χ3v) is 3.71. The van der Waals surface area contributed by atoms with Crippen molar-refractivity contribution in [1.82, 2.24) is 4.90 Å². The molecule has 0 saturated carbocycles. The molecule has 0 bridgehead atoms. The molecule has 21 heavy (non-hydrogen) atoms. The van der Waals surface area contributed by atoms with Crippen LogP contribution in [0.2, 0.25) is 0 Å². The number of benzene rings is 1. The largest absolute Gasteiger partial charge is 0.378 e. The monoisotopic (exact) mass is 283 g/mol. The number of hydrogen-bond donors (Lipinski definition) is 0. The number of likely N-dealkylation sites (tertiary alicyclic amines) is 1. The quantitative estimate of drug-likeness (QED) is 0.633. The molecule has 1 amide bonds. The summed E-state index contributed by atoms with van der Waals surface area (Å²) in [4.78, 5) is 16.1. The fourth-order valence-corrected chi connectivity index (χ4v) is 2.44. The van der Waals surface area contributed by atoms with Crippen molar-refractivity contribution in [3.8, 4) is 6.07 Å². The minimum atomic E-state index is -0.145. The van der Waals surface area contributed by atoms with Gasteiger partial charge in [0.1, 0.15) is 11.6 Å². The number of amides is 1. The van der Waals surface area contributed by atoms with Crippen molar-refractivity contribution in [3.05, 3.63) is 35.4 Å². The highest BCUT2D eigenvalue weighted by atomic mass is 16.2. The van der Waals surface area contributed by atoms with Crippen LogP contribution >= 0.6 is 0 Å². The fraction of sp³-hybridized carbons (Fsp3) is 0.412. The summed E-state index contributed by atoms with van der Waals surface area (Å²) in [6.07, 6.45) is 4.90. The van der Waals surface area contributed by atoms with Crippen molar-refractivity contribution in [3.63, 3.8) is 0 Å². The van der Waals surface area contributed by atoms with Crippen LogP contribution in [0.5, 0.6) is 0 Å². The van der Waals surface area contributed by atoms with Gasteiger partial charge in [0.2, 0.25) is 0 Å². The molecular formula is C17H21N3O. The van der Waals surface area contributed by atoms with Crippen molar-refractivity contribution in [1.29, 1.82) is 5.26 Å². The maximum atomic E-state index is 12.3. The van der Waals surface area contributed by atoms with E-state index in [1.165, 1.54) is 6.42 Å². The first-order valence-electron chi connectivity index (χ1n) is 7.30. The van der Waals surface area contributed by atoms with E-state index in [9.17, 15) is 10.1 Å². The molecule has 2 rings (SSSR count). The molecule has 0 spiro atoms. The number of hydrogen-bond acceptors (Lipinski definition) is 3. The summed E-state index contributed by atoms with van der Waals surface area (Å²) in [6, 6.07) is 9.85.